The molecule has 0 aromatic heterocycles. The lowest BCUT2D eigenvalue weighted by molar-refractivity contribution is -0.118. The molecule has 2 aromatic carbocycles. The number of hydrogen-bond acceptors (Lipinski definition) is 2. The van der Waals surface area contributed by atoms with E-state index in [0.717, 1.165) is 17.7 Å². The second-order valence-corrected chi connectivity index (χ2v) is 6.11. The van der Waals surface area contributed by atoms with Crippen molar-refractivity contribution in [3.63, 3.8) is 0 Å². The van der Waals surface area contributed by atoms with E-state index in [1.807, 2.05) is 37.3 Å². The number of aryl methyl sites for hydroxylation is 1. The summed E-state index contributed by atoms with van der Waals surface area (Å²) in [5.41, 5.74) is 2.96. The van der Waals surface area contributed by atoms with Crippen LogP contribution in [0, 0.1) is 6.92 Å². The van der Waals surface area contributed by atoms with Crippen molar-refractivity contribution in [3.05, 3.63) is 58.6 Å². The topological polar surface area (TPSA) is 38.3 Å². The van der Waals surface area contributed by atoms with Gasteiger partial charge in [0.05, 0.1) is 0 Å². The van der Waals surface area contributed by atoms with E-state index in [0.29, 0.717) is 16.7 Å². The molecular weight excluding hydrogens is 310 g/mol. The summed E-state index contributed by atoms with van der Waals surface area (Å²) < 4.78 is 5.53. The van der Waals surface area contributed by atoms with E-state index < -0.39 is 0 Å². The first-order chi connectivity index (χ1) is 11.0. The quantitative estimate of drug-likeness (QED) is 0.792. The van der Waals surface area contributed by atoms with Gasteiger partial charge in [-0.25, -0.2) is 0 Å². The van der Waals surface area contributed by atoms with Crippen molar-refractivity contribution in [3.8, 4) is 5.75 Å². The van der Waals surface area contributed by atoms with Gasteiger partial charge in [-0.15, -0.1) is 0 Å². The van der Waals surface area contributed by atoms with Gasteiger partial charge in [0.15, 0.2) is 6.61 Å². The van der Waals surface area contributed by atoms with E-state index in [2.05, 4.69) is 19.2 Å². The Morgan fingerprint density at radius 3 is 2.52 bits per heavy atom. The lowest BCUT2D eigenvalue weighted by Crippen LogP contribution is -2.20. The molecule has 1 amide bonds. The fourth-order valence-electron chi connectivity index (χ4n) is 2.25. The number of halogens is 1. The largest absolute Gasteiger partial charge is 0.483 e. The summed E-state index contributed by atoms with van der Waals surface area (Å²) in [6.07, 6.45) is 1.10. The first-order valence-electron chi connectivity index (χ1n) is 7.78. The predicted octanol–water partition coefficient (Wildman–Crippen LogP) is 5.18. The van der Waals surface area contributed by atoms with Crippen LogP contribution in [0.15, 0.2) is 42.5 Å². The van der Waals surface area contributed by atoms with Gasteiger partial charge in [0.1, 0.15) is 5.75 Å². The van der Waals surface area contributed by atoms with Crippen LogP contribution in [0.3, 0.4) is 0 Å². The first-order valence-corrected chi connectivity index (χ1v) is 8.16. The van der Waals surface area contributed by atoms with E-state index in [4.69, 9.17) is 16.3 Å². The Kier molecular flexibility index (Phi) is 6.05. The van der Waals surface area contributed by atoms with Gasteiger partial charge in [-0.2, -0.15) is 0 Å². The van der Waals surface area contributed by atoms with Gasteiger partial charge < -0.3 is 10.1 Å². The summed E-state index contributed by atoms with van der Waals surface area (Å²) in [5, 5.41) is 3.49. The highest BCUT2D eigenvalue weighted by Crippen LogP contribution is 2.22. The van der Waals surface area contributed by atoms with E-state index in [9.17, 15) is 4.79 Å². The Hall–Kier alpha value is -2.00. The molecule has 23 heavy (non-hydrogen) atoms. The molecule has 0 aliphatic carbocycles. The molecule has 122 valence electrons. The van der Waals surface area contributed by atoms with Crippen molar-refractivity contribution >= 4 is 23.2 Å². The molecule has 1 atom stereocenters. The maximum Gasteiger partial charge on any atom is 0.262 e. The normalized spacial score (nSPS) is 11.8. The van der Waals surface area contributed by atoms with Crippen LogP contribution in [0.2, 0.25) is 5.02 Å². The molecule has 0 aliphatic rings. The summed E-state index contributed by atoms with van der Waals surface area (Å²) >= 11 is 5.90. The molecule has 0 radical (unpaired) electrons. The smallest absolute Gasteiger partial charge is 0.262 e. The number of benzene rings is 2. The van der Waals surface area contributed by atoms with Crippen molar-refractivity contribution in [1.82, 2.24) is 0 Å². The van der Waals surface area contributed by atoms with E-state index in [-0.39, 0.29) is 12.5 Å². The minimum absolute atomic E-state index is 0.0322. The summed E-state index contributed by atoms with van der Waals surface area (Å²) in [5.74, 6) is 1.00. The van der Waals surface area contributed by atoms with Crippen LogP contribution in [0.1, 0.15) is 37.3 Å². The van der Waals surface area contributed by atoms with Crippen LogP contribution in [0.25, 0.3) is 0 Å². The zero-order valence-electron chi connectivity index (χ0n) is 13.7. The van der Waals surface area contributed by atoms with E-state index in [1.54, 1.807) is 12.1 Å². The maximum absolute atomic E-state index is 12.0. The molecule has 1 N–H and O–H groups in total. The van der Waals surface area contributed by atoms with Gasteiger partial charge in [0.2, 0.25) is 0 Å². The van der Waals surface area contributed by atoms with Crippen molar-refractivity contribution in [1.29, 1.82) is 0 Å². The average Bonchev–Trinajstić information content (AvgIpc) is 2.54. The summed E-state index contributed by atoms with van der Waals surface area (Å²) in [7, 11) is 0. The van der Waals surface area contributed by atoms with E-state index >= 15 is 0 Å². The second-order valence-electron chi connectivity index (χ2n) is 5.68. The number of rotatable bonds is 6. The van der Waals surface area contributed by atoms with Crippen molar-refractivity contribution in [2.45, 2.75) is 33.1 Å². The van der Waals surface area contributed by atoms with Crippen LogP contribution in [0.4, 0.5) is 5.69 Å². The third kappa shape index (κ3) is 5.00. The molecule has 0 spiro atoms. The molecule has 0 saturated heterocycles. The fraction of sp³-hybridized carbons (Fsp3) is 0.316. The van der Waals surface area contributed by atoms with Crippen LogP contribution in [-0.4, -0.2) is 12.5 Å². The van der Waals surface area contributed by atoms with Crippen molar-refractivity contribution < 1.29 is 9.53 Å². The number of carbonyl (C=O) groups is 1. The Balaban J connectivity index is 1.89. The third-order valence-electron chi connectivity index (χ3n) is 3.87. The standard InChI is InChI=1S/C19H22ClNO2/c1-4-13(2)15-5-8-17(9-6-15)21-19(22)12-23-18-10-7-16(20)11-14(18)3/h5-11,13H,4,12H2,1-3H3,(H,21,22)/t13-/m1/s1. The number of amides is 1. The minimum Gasteiger partial charge on any atom is -0.483 e. The highest BCUT2D eigenvalue weighted by molar-refractivity contribution is 6.30. The molecule has 2 aromatic rings. The number of hydrogen-bond donors (Lipinski definition) is 1. The van der Waals surface area contributed by atoms with Crippen LogP contribution in [0.5, 0.6) is 5.75 Å². The van der Waals surface area contributed by atoms with Gasteiger partial charge in [-0.3, -0.25) is 4.79 Å². The number of anilines is 1. The summed E-state index contributed by atoms with van der Waals surface area (Å²) in [6.45, 7) is 6.22. The molecular formula is C19H22ClNO2. The van der Waals surface area contributed by atoms with Crippen molar-refractivity contribution in [2.75, 3.05) is 11.9 Å². The van der Waals surface area contributed by atoms with Crippen LogP contribution < -0.4 is 10.1 Å². The highest BCUT2D eigenvalue weighted by atomic mass is 35.5. The van der Waals surface area contributed by atoms with Crippen molar-refractivity contribution in [2.24, 2.45) is 0 Å². The number of nitrogens with one attached hydrogen (secondary N) is 1. The summed E-state index contributed by atoms with van der Waals surface area (Å²) in [6, 6.07) is 13.3. The molecule has 4 heteroatoms. The molecule has 3 nitrogen and oxygen atoms in total. The lowest BCUT2D eigenvalue weighted by Gasteiger charge is -2.12. The van der Waals surface area contributed by atoms with E-state index in [1.165, 1.54) is 5.56 Å². The average molecular weight is 332 g/mol. The lowest BCUT2D eigenvalue weighted by atomic mass is 9.99. The zero-order valence-corrected chi connectivity index (χ0v) is 14.5. The molecule has 0 fully saturated rings. The highest BCUT2D eigenvalue weighted by Gasteiger charge is 2.07. The molecule has 0 aliphatic heterocycles. The zero-order chi connectivity index (χ0) is 16.8. The van der Waals surface area contributed by atoms with Gasteiger partial charge in [-0.1, -0.05) is 37.6 Å². The Morgan fingerprint density at radius 1 is 1.22 bits per heavy atom. The first kappa shape index (κ1) is 17.4. The van der Waals surface area contributed by atoms with Crippen LogP contribution in [-0.2, 0) is 4.79 Å². The Bertz CT molecular complexity index is 668. The van der Waals surface area contributed by atoms with Gasteiger partial charge >= 0.3 is 0 Å². The van der Waals surface area contributed by atoms with Crippen LogP contribution >= 0.6 is 11.6 Å². The van der Waals surface area contributed by atoms with Gasteiger partial charge in [0, 0.05) is 10.7 Å². The number of carbonyl (C=O) groups excluding carboxylic acids is 1. The molecule has 0 unspecified atom stereocenters. The third-order valence-corrected chi connectivity index (χ3v) is 4.11. The Morgan fingerprint density at radius 2 is 1.91 bits per heavy atom. The maximum atomic E-state index is 12.0. The second kappa shape index (κ2) is 8.02. The SMILES string of the molecule is CC[C@@H](C)c1ccc(NC(=O)COc2ccc(Cl)cc2C)cc1. The molecule has 0 bridgehead atoms. The molecule has 2 rings (SSSR count). The number of ether oxygens (including phenoxy) is 1. The fourth-order valence-corrected chi connectivity index (χ4v) is 2.47. The Labute approximate surface area is 142 Å². The minimum atomic E-state index is -0.185. The van der Waals surface area contributed by atoms with Gasteiger partial charge in [-0.05, 0) is 60.7 Å². The molecule has 0 saturated carbocycles. The molecule has 0 heterocycles. The summed E-state index contributed by atoms with van der Waals surface area (Å²) in [4.78, 5) is 12.0. The predicted molar refractivity (Wildman–Crippen MR) is 95.5 cm³/mol. The monoisotopic (exact) mass is 331 g/mol. The van der Waals surface area contributed by atoms with Gasteiger partial charge in [0.25, 0.3) is 5.91 Å².